The molecule has 1 heterocycles. The Hall–Kier alpha value is -7.16. The zero-order valence-corrected chi connectivity index (χ0v) is 30.8. The number of furan rings is 1. The minimum absolute atomic E-state index is 0.958. The number of benzene rings is 9. The largest absolute Gasteiger partial charge is 0.460 e. The minimum Gasteiger partial charge on any atom is -0.460 e. The van der Waals surface area contributed by atoms with E-state index in [4.69, 9.17) is 4.42 Å². The van der Waals surface area contributed by atoms with E-state index in [1.807, 2.05) is 0 Å². The maximum atomic E-state index is 6.21. The fourth-order valence-electron chi connectivity index (χ4n) is 8.67. The van der Waals surface area contributed by atoms with Gasteiger partial charge in [0, 0.05) is 34.4 Å². The van der Waals surface area contributed by atoms with E-state index in [0.29, 0.717) is 0 Å². The van der Waals surface area contributed by atoms with E-state index in [2.05, 4.69) is 205 Å². The van der Waals surface area contributed by atoms with Gasteiger partial charge in [-0.2, -0.15) is 0 Å². The molecule has 0 saturated heterocycles. The molecule has 1 aliphatic carbocycles. The predicted molar refractivity (Wildman–Crippen MR) is 237 cm³/mol. The molecule has 56 heavy (non-hydrogen) atoms. The van der Waals surface area contributed by atoms with E-state index in [1.165, 1.54) is 76.6 Å². The van der Waals surface area contributed by atoms with Crippen molar-refractivity contribution in [2.75, 3.05) is 4.90 Å². The standard InChI is InChI=1S/C54H37NO/c1-3-14-47-38(9-1)11-8-17-49(47)42-12-7-13-46(34-42)55(45-29-23-37(24-30-45)41-26-32-54-52(35-41)51-16-5-6-18-53(51)56-54)44-27-21-36(22-28-44)40-25-31-50-43(33-40)20-19-39-10-2-4-15-48(39)50/h1-5,7-17,19-35H,6,18H2. The van der Waals surface area contributed by atoms with E-state index >= 15 is 0 Å². The Bertz CT molecular complexity index is 3120. The van der Waals surface area contributed by atoms with Crippen molar-refractivity contribution in [2.24, 2.45) is 0 Å². The fraction of sp³-hybridized carbons (Fsp3) is 0.0370. The van der Waals surface area contributed by atoms with Crippen LogP contribution in [0.5, 0.6) is 0 Å². The third-order valence-corrected chi connectivity index (χ3v) is 11.5. The van der Waals surface area contributed by atoms with Crippen LogP contribution in [0.2, 0.25) is 0 Å². The lowest BCUT2D eigenvalue weighted by atomic mass is 9.97. The van der Waals surface area contributed by atoms with Crippen LogP contribution in [0.1, 0.15) is 17.7 Å². The van der Waals surface area contributed by atoms with Crippen molar-refractivity contribution in [3.05, 3.63) is 205 Å². The molecule has 2 heteroatoms. The van der Waals surface area contributed by atoms with E-state index in [0.717, 1.165) is 41.2 Å². The fourth-order valence-corrected chi connectivity index (χ4v) is 8.67. The quantitative estimate of drug-likeness (QED) is 0.159. The summed E-state index contributed by atoms with van der Waals surface area (Å²) in [6, 6.07) is 68.6. The Balaban J connectivity index is 0.992. The summed E-state index contributed by atoms with van der Waals surface area (Å²) in [6.45, 7) is 0. The van der Waals surface area contributed by atoms with Crippen molar-refractivity contribution in [3.8, 4) is 33.4 Å². The van der Waals surface area contributed by atoms with Crippen molar-refractivity contribution >= 4 is 66.4 Å². The summed E-state index contributed by atoms with van der Waals surface area (Å²) >= 11 is 0. The van der Waals surface area contributed by atoms with E-state index in [1.54, 1.807) is 0 Å². The monoisotopic (exact) mass is 715 g/mol. The first-order valence-corrected chi connectivity index (χ1v) is 19.5. The summed E-state index contributed by atoms with van der Waals surface area (Å²) in [5.41, 5.74) is 12.7. The summed E-state index contributed by atoms with van der Waals surface area (Å²) in [5, 5.41) is 8.77. The van der Waals surface area contributed by atoms with Gasteiger partial charge in [-0.05, 0) is 127 Å². The molecule has 0 spiro atoms. The normalized spacial score (nSPS) is 12.4. The van der Waals surface area contributed by atoms with Crippen LogP contribution in [0.3, 0.4) is 0 Å². The van der Waals surface area contributed by atoms with Crippen LogP contribution in [-0.4, -0.2) is 0 Å². The first kappa shape index (κ1) is 32.3. The second-order valence-electron chi connectivity index (χ2n) is 14.8. The second-order valence-corrected chi connectivity index (χ2v) is 14.8. The van der Waals surface area contributed by atoms with Crippen molar-refractivity contribution in [1.82, 2.24) is 0 Å². The first-order valence-electron chi connectivity index (χ1n) is 19.5. The third-order valence-electron chi connectivity index (χ3n) is 11.5. The number of nitrogens with zero attached hydrogens (tertiary/aromatic N) is 1. The number of aryl methyl sites for hydroxylation is 1. The van der Waals surface area contributed by atoms with Gasteiger partial charge in [-0.15, -0.1) is 0 Å². The van der Waals surface area contributed by atoms with Crippen molar-refractivity contribution in [1.29, 1.82) is 0 Å². The van der Waals surface area contributed by atoms with E-state index < -0.39 is 0 Å². The molecule has 0 unspecified atom stereocenters. The zero-order chi connectivity index (χ0) is 37.0. The molecule has 0 aliphatic heterocycles. The summed E-state index contributed by atoms with van der Waals surface area (Å²) in [4.78, 5) is 2.37. The van der Waals surface area contributed by atoms with Gasteiger partial charge in [-0.3, -0.25) is 0 Å². The predicted octanol–water partition coefficient (Wildman–Crippen LogP) is 15.3. The van der Waals surface area contributed by atoms with Crippen LogP contribution in [0.25, 0.3) is 82.7 Å². The Morgan fingerprint density at radius 2 is 1.02 bits per heavy atom. The van der Waals surface area contributed by atoms with Crippen molar-refractivity contribution < 1.29 is 4.42 Å². The molecule has 0 fully saturated rings. The summed E-state index contributed by atoms with van der Waals surface area (Å²) in [6.07, 6.45) is 6.46. The minimum atomic E-state index is 0.958. The van der Waals surface area contributed by atoms with Gasteiger partial charge in [0.2, 0.25) is 0 Å². The molecule has 10 aromatic rings. The highest BCUT2D eigenvalue weighted by Crippen LogP contribution is 2.41. The Kier molecular flexibility index (Phi) is 7.67. The summed E-state index contributed by atoms with van der Waals surface area (Å²) in [5.74, 6) is 1.09. The average molecular weight is 716 g/mol. The molecule has 2 nitrogen and oxygen atoms in total. The van der Waals surface area contributed by atoms with Crippen LogP contribution >= 0.6 is 0 Å². The molecule has 9 aromatic carbocycles. The SMILES string of the molecule is C1=Cc2c(oc3ccc(-c4ccc(N(c5ccc(-c6ccc7c(ccc8ccccc87)c6)cc5)c5cccc(-c6cccc7ccccc67)c5)cc4)cc23)CC1. The maximum Gasteiger partial charge on any atom is 0.134 e. The number of hydrogen-bond acceptors (Lipinski definition) is 2. The molecule has 0 N–H and O–H groups in total. The van der Waals surface area contributed by atoms with Crippen LogP contribution in [-0.2, 0) is 6.42 Å². The molecule has 0 amide bonds. The molecule has 0 bridgehead atoms. The van der Waals surface area contributed by atoms with Gasteiger partial charge in [-0.25, -0.2) is 0 Å². The molecule has 0 saturated carbocycles. The van der Waals surface area contributed by atoms with Crippen LogP contribution in [0, 0.1) is 0 Å². The lowest BCUT2D eigenvalue weighted by Crippen LogP contribution is -2.10. The molecule has 1 aromatic heterocycles. The zero-order valence-electron chi connectivity index (χ0n) is 30.8. The van der Waals surface area contributed by atoms with Gasteiger partial charge in [0.25, 0.3) is 0 Å². The van der Waals surface area contributed by atoms with Gasteiger partial charge in [-0.1, -0.05) is 146 Å². The number of rotatable bonds is 6. The number of anilines is 3. The van der Waals surface area contributed by atoms with Gasteiger partial charge in [0.1, 0.15) is 11.3 Å². The van der Waals surface area contributed by atoms with Gasteiger partial charge >= 0.3 is 0 Å². The van der Waals surface area contributed by atoms with Gasteiger partial charge in [0.05, 0.1) is 0 Å². The molecule has 1 aliphatic rings. The third kappa shape index (κ3) is 5.58. The summed E-state index contributed by atoms with van der Waals surface area (Å²) in [7, 11) is 0. The van der Waals surface area contributed by atoms with E-state index in [-0.39, 0.29) is 0 Å². The lowest BCUT2D eigenvalue weighted by Gasteiger charge is -2.26. The average Bonchev–Trinajstić information content (AvgIpc) is 3.65. The van der Waals surface area contributed by atoms with Crippen LogP contribution < -0.4 is 4.90 Å². The smallest absolute Gasteiger partial charge is 0.134 e. The molecule has 264 valence electrons. The second kappa shape index (κ2) is 13.3. The van der Waals surface area contributed by atoms with Crippen molar-refractivity contribution in [2.45, 2.75) is 12.8 Å². The highest BCUT2D eigenvalue weighted by Gasteiger charge is 2.17. The van der Waals surface area contributed by atoms with Crippen LogP contribution in [0.15, 0.2) is 199 Å². The molecular formula is C54H37NO. The lowest BCUT2D eigenvalue weighted by molar-refractivity contribution is 0.546. The first-order chi connectivity index (χ1) is 27.7. The maximum absolute atomic E-state index is 6.21. The van der Waals surface area contributed by atoms with Crippen LogP contribution in [0.4, 0.5) is 17.1 Å². The van der Waals surface area contributed by atoms with Crippen molar-refractivity contribution in [3.63, 3.8) is 0 Å². The Labute approximate surface area is 326 Å². The number of allylic oxidation sites excluding steroid dienone is 1. The number of hydrogen-bond donors (Lipinski definition) is 0. The Morgan fingerprint density at radius 1 is 0.393 bits per heavy atom. The molecule has 0 atom stereocenters. The Morgan fingerprint density at radius 3 is 1.82 bits per heavy atom. The van der Waals surface area contributed by atoms with Gasteiger partial charge < -0.3 is 9.32 Å². The highest BCUT2D eigenvalue weighted by molar-refractivity contribution is 6.08. The topological polar surface area (TPSA) is 16.4 Å². The number of fused-ring (bicyclic) bond motifs is 7. The molecular weight excluding hydrogens is 679 g/mol. The molecule has 11 rings (SSSR count). The van der Waals surface area contributed by atoms with E-state index in [9.17, 15) is 0 Å². The highest BCUT2D eigenvalue weighted by atomic mass is 16.3. The van der Waals surface area contributed by atoms with Gasteiger partial charge in [0.15, 0.2) is 0 Å². The summed E-state index contributed by atoms with van der Waals surface area (Å²) < 4.78 is 6.21. The molecule has 0 radical (unpaired) electrons.